The van der Waals surface area contributed by atoms with Gasteiger partial charge in [-0.15, -0.1) is 0 Å². The highest BCUT2D eigenvalue weighted by molar-refractivity contribution is 6.15. The molecule has 1 aliphatic carbocycles. The molecule has 0 amide bonds. The van der Waals surface area contributed by atoms with E-state index in [1.807, 2.05) is 36.4 Å². The molecule has 1 aliphatic rings. The van der Waals surface area contributed by atoms with Crippen LogP contribution in [-0.2, 0) is 12.8 Å². The summed E-state index contributed by atoms with van der Waals surface area (Å²) in [6.07, 6.45) is 1.90. The van der Waals surface area contributed by atoms with E-state index in [1.54, 1.807) is 0 Å². The van der Waals surface area contributed by atoms with Gasteiger partial charge in [0.05, 0.1) is 5.52 Å². The number of benzene rings is 5. The lowest BCUT2D eigenvalue weighted by molar-refractivity contribution is 0.826. The lowest BCUT2D eigenvalue weighted by atomic mass is 9.87. The number of fused-ring (bicyclic) bond motifs is 7. The number of hydrogen-bond acceptors (Lipinski definition) is 3. The Kier molecular flexibility index (Phi) is 4.92. The number of nitrogens with zero attached hydrogens (tertiary/aromatic N) is 4. The van der Waals surface area contributed by atoms with Crippen LogP contribution in [0.4, 0.5) is 0 Å². The van der Waals surface area contributed by atoms with E-state index in [0.29, 0.717) is 17.6 Å². The maximum absolute atomic E-state index is 5.11. The smallest absolute Gasteiger partial charge is 0.238 e. The van der Waals surface area contributed by atoms with Crippen molar-refractivity contribution in [1.29, 1.82) is 0 Å². The van der Waals surface area contributed by atoms with Crippen LogP contribution in [0.5, 0.6) is 0 Å². The van der Waals surface area contributed by atoms with E-state index in [1.165, 1.54) is 38.5 Å². The van der Waals surface area contributed by atoms with Gasteiger partial charge >= 0.3 is 0 Å². The van der Waals surface area contributed by atoms with E-state index in [4.69, 9.17) is 15.0 Å². The van der Waals surface area contributed by atoms with Crippen LogP contribution < -0.4 is 0 Å². The lowest BCUT2D eigenvalue weighted by Crippen LogP contribution is -2.12. The van der Waals surface area contributed by atoms with Crippen LogP contribution >= 0.6 is 0 Å². The van der Waals surface area contributed by atoms with Crippen LogP contribution in [0.2, 0.25) is 0 Å². The third-order valence-electron chi connectivity index (χ3n) is 7.76. The molecule has 2 aromatic heterocycles. The Bertz CT molecular complexity index is 1950. The van der Waals surface area contributed by atoms with Crippen LogP contribution in [-0.4, -0.2) is 19.5 Å². The number of hydrogen-bond donors (Lipinski definition) is 0. The summed E-state index contributed by atoms with van der Waals surface area (Å²) in [6.45, 7) is 0. The SMILES string of the molecule is c1ccc(-c2nc(-c3ccccc3)nc(-n3c4c(c5c6ccccc6ccc53)-c3ccccc3CC4)n2)cc1. The van der Waals surface area contributed by atoms with Crippen molar-refractivity contribution in [3.05, 3.63) is 133 Å². The number of aromatic nitrogens is 4. The van der Waals surface area contributed by atoms with Crippen molar-refractivity contribution >= 4 is 21.7 Å². The predicted molar refractivity (Wildman–Crippen MR) is 158 cm³/mol. The monoisotopic (exact) mass is 500 g/mol. The molecule has 0 N–H and O–H groups in total. The van der Waals surface area contributed by atoms with Gasteiger partial charge in [0.1, 0.15) is 0 Å². The fourth-order valence-corrected chi connectivity index (χ4v) is 6.00. The molecule has 5 aromatic carbocycles. The standard InChI is InChI=1S/C35H24N4/c1-3-13-25(14-4-1)33-36-34(26-15-5-2-6-16-26)38-35(37-33)39-29-21-19-23-11-7-9-17-27(23)31(29)32-28-18-10-8-12-24(28)20-22-30(32)39/h1-19,21H,20,22H2. The van der Waals surface area contributed by atoms with Gasteiger partial charge in [0.2, 0.25) is 5.95 Å². The Labute approximate surface area is 226 Å². The van der Waals surface area contributed by atoms with E-state index in [-0.39, 0.29) is 0 Å². The molecule has 0 saturated carbocycles. The molecule has 0 unspecified atom stereocenters. The molecule has 0 radical (unpaired) electrons. The first-order valence-electron chi connectivity index (χ1n) is 13.4. The summed E-state index contributed by atoms with van der Waals surface area (Å²) < 4.78 is 2.29. The first kappa shape index (κ1) is 21.9. The van der Waals surface area contributed by atoms with Crippen molar-refractivity contribution in [2.24, 2.45) is 0 Å². The van der Waals surface area contributed by atoms with Crippen molar-refractivity contribution in [3.63, 3.8) is 0 Å². The average molecular weight is 501 g/mol. The summed E-state index contributed by atoms with van der Waals surface area (Å²) in [4.78, 5) is 15.1. The Hall–Kier alpha value is -5.09. The van der Waals surface area contributed by atoms with Crippen LogP contribution in [0.3, 0.4) is 0 Å². The highest BCUT2D eigenvalue weighted by atomic mass is 15.2. The van der Waals surface area contributed by atoms with Crippen molar-refractivity contribution in [2.45, 2.75) is 12.8 Å². The van der Waals surface area contributed by atoms with E-state index in [9.17, 15) is 0 Å². The van der Waals surface area contributed by atoms with Gasteiger partial charge in [0, 0.05) is 27.8 Å². The lowest BCUT2D eigenvalue weighted by Gasteiger charge is -2.19. The van der Waals surface area contributed by atoms with Crippen LogP contribution in [0.25, 0.3) is 61.5 Å². The van der Waals surface area contributed by atoms with Gasteiger partial charge in [-0.1, -0.05) is 115 Å². The van der Waals surface area contributed by atoms with Crippen LogP contribution in [0.15, 0.2) is 121 Å². The van der Waals surface area contributed by atoms with Gasteiger partial charge in [-0.2, -0.15) is 9.97 Å². The zero-order valence-electron chi connectivity index (χ0n) is 21.3. The second-order valence-corrected chi connectivity index (χ2v) is 10.0. The van der Waals surface area contributed by atoms with E-state index in [0.717, 1.165) is 29.5 Å². The van der Waals surface area contributed by atoms with Gasteiger partial charge in [-0.25, -0.2) is 4.98 Å². The molecule has 0 atom stereocenters. The first-order chi connectivity index (χ1) is 19.3. The van der Waals surface area contributed by atoms with E-state index < -0.39 is 0 Å². The molecule has 184 valence electrons. The molecule has 2 heterocycles. The summed E-state index contributed by atoms with van der Waals surface area (Å²) in [5.41, 5.74) is 8.32. The summed E-state index contributed by atoms with van der Waals surface area (Å²) in [5, 5.41) is 3.75. The molecule has 4 heteroatoms. The van der Waals surface area contributed by atoms with E-state index >= 15 is 0 Å². The fraction of sp³-hybridized carbons (Fsp3) is 0.0571. The Balaban J connectivity index is 1.49. The third kappa shape index (κ3) is 3.49. The fourth-order valence-electron chi connectivity index (χ4n) is 6.00. The molecule has 0 fully saturated rings. The highest BCUT2D eigenvalue weighted by Crippen LogP contribution is 2.44. The minimum atomic E-state index is 0.656. The summed E-state index contributed by atoms with van der Waals surface area (Å²) in [7, 11) is 0. The average Bonchev–Trinajstić information content (AvgIpc) is 3.37. The van der Waals surface area contributed by atoms with Crippen molar-refractivity contribution in [1.82, 2.24) is 19.5 Å². The molecule has 0 aliphatic heterocycles. The normalized spacial score (nSPS) is 12.4. The molecule has 8 rings (SSSR count). The third-order valence-corrected chi connectivity index (χ3v) is 7.76. The zero-order valence-corrected chi connectivity index (χ0v) is 21.3. The largest absolute Gasteiger partial charge is 0.282 e. The van der Waals surface area contributed by atoms with Gasteiger partial charge in [-0.3, -0.25) is 4.57 Å². The molecule has 7 aromatic rings. The maximum atomic E-state index is 5.11. The van der Waals surface area contributed by atoms with Gasteiger partial charge in [0.15, 0.2) is 11.6 Å². The molecule has 0 spiro atoms. The topological polar surface area (TPSA) is 43.6 Å². The Morgan fingerprint density at radius 2 is 1.18 bits per heavy atom. The van der Waals surface area contributed by atoms with Crippen molar-refractivity contribution in [3.8, 4) is 39.9 Å². The number of rotatable bonds is 3. The molecule has 39 heavy (non-hydrogen) atoms. The van der Waals surface area contributed by atoms with Gasteiger partial charge < -0.3 is 0 Å². The second-order valence-electron chi connectivity index (χ2n) is 10.0. The summed E-state index contributed by atoms with van der Waals surface area (Å²) in [5.74, 6) is 2.00. The predicted octanol–water partition coefficient (Wildman–Crippen LogP) is 8.07. The van der Waals surface area contributed by atoms with E-state index in [2.05, 4.69) is 89.5 Å². The van der Waals surface area contributed by atoms with Crippen molar-refractivity contribution in [2.75, 3.05) is 0 Å². The minimum Gasteiger partial charge on any atom is -0.282 e. The zero-order chi connectivity index (χ0) is 25.8. The first-order valence-corrected chi connectivity index (χ1v) is 13.4. The minimum absolute atomic E-state index is 0.656. The molecule has 4 nitrogen and oxygen atoms in total. The Morgan fingerprint density at radius 3 is 1.92 bits per heavy atom. The van der Waals surface area contributed by atoms with Crippen molar-refractivity contribution < 1.29 is 0 Å². The molecular formula is C35H24N4. The molecular weight excluding hydrogens is 476 g/mol. The summed E-state index contributed by atoms with van der Waals surface area (Å²) in [6, 6.07) is 42.3. The van der Waals surface area contributed by atoms with Crippen LogP contribution in [0.1, 0.15) is 11.3 Å². The Morgan fingerprint density at radius 1 is 0.538 bits per heavy atom. The maximum Gasteiger partial charge on any atom is 0.238 e. The quantitative estimate of drug-likeness (QED) is 0.246. The number of aryl methyl sites for hydroxylation is 1. The molecule has 0 bridgehead atoms. The summed E-state index contributed by atoms with van der Waals surface area (Å²) >= 11 is 0. The van der Waals surface area contributed by atoms with Gasteiger partial charge in [-0.05, 0) is 40.8 Å². The second kappa shape index (κ2) is 8.74. The van der Waals surface area contributed by atoms with Gasteiger partial charge in [0.25, 0.3) is 0 Å². The van der Waals surface area contributed by atoms with Crippen LogP contribution in [0, 0.1) is 0 Å². The molecule has 0 saturated heterocycles. The highest BCUT2D eigenvalue weighted by Gasteiger charge is 2.27.